The minimum absolute atomic E-state index is 0.792. The second-order valence-corrected chi connectivity index (χ2v) is 5.51. The molecular weight excluding hydrogens is 232 g/mol. The maximum Gasteiger partial charge on any atom is -0.00258 e. The standard InChI is InChI=1S/C9H21N.C6H15N.C2H6/c1-4-5-6-7-10-8-9(2)3;1-4-7-5-6(2)3;1-2/h9-10H,4-8H2,1-3H3;6-7H,4-5H2,1-3H3;1-2H3. The summed E-state index contributed by atoms with van der Waals surface area (Å²) < 4.78 is 0. The number of nitrogens with one attached hydrogen (secondary N) is 2. The van der Waals surface area contributed by atoms with Crippen LogP contribution in [0.3, 0.4) is 0 Å². The summed E-state index contributed by atoms with van der Waals surface area (Å²) in [6.45, 7) is 21.9. The van der Waals surface area contributed by atoms with Crippen molar-refractivity contribution in [2.45, 2.75) is 74.7 Å². The Hall–Kier alpha value is -0.0800. The number of hydrogen-bond donors (Lipinski definition) is 2. The highest BCUT2D eigenvalue weighted by Gasteiger charge is 1.91. The van der Waals surface area contributed by atoms with E-state index in [9.17, 15) is 0 Å². The van der Waals surface area contributed by atoms with Crippen LogP contribution in [0.25, 0.3) is 0 Å². The molecule has 0 aromatic rings. The Morgan fingerprint density at radius 1 is 0.737 bits per heavy atom. The molecule has 2 heteroatoms. The number of unbranched alkanes of at least 4 members (excludes halogenated alkanes) is 2. The van der Waals surface area contributed by atoms with E-state index in [1.807, 2.05) is 13.8 Å². The number of hydrogen-bond acceptors (Lipinski definition) is 2. The van der Waals surface area contributed by atoms with E-state index in [2.05, 4.69) is 52.2 Å². The molecule has 0 aromatic carbocycles. The molecule has 0 unspecified atom stereocenters. The monoisotopic (exact) mass is 274 g/mol. The van der Waals surface area contributed by atoms with Crippen molar-refractivity contribution >= 4 is 0 Å². The second-order valence-electron chi connectivity index (χ2n) is 5.51. The zero-order valence-corrected chi connectivity index (χ0v) is 15.1. The van der Waals surface area contributed by atoms with E-state index in [0.29, 0.717) is 0 Å². The van der Waals surface area contributed by atoms with E-state index in [4.69, 9.17) is 0 Å². The summed E-state index contributed by atoms with van der Waals surface area (Å²) in [5.74, 6) is 1.58. The maximum atomic E-state index is 3.42. The first-order valence-electron chi connectivity index (χ1n) is 8.45. The van der Waals surface area contributed by atoms with Gasteiger partial charge >= 0.3 is 0 Å². The fourth-order valence-corrected chi connectivity index (χ4v) is 1.32. The van der Waals surface area contributed by atoms with Gasteiger partial charge in [-0.3, -0.25) is 0 Å². The van der Waals surface area contributed by atoms with Crippen LogP contribution in [0.1, 0.15) is 74.7 Å². The molecule has 0 saturated heterocycles. The van der Waals surface area contributed by atoms with Gasteiger partial charge in [0.2, 0.25) is 0 Å². The molecule has 0 saturated carbocycles. The minimum atomic E-state index is 0.792. The topological polar surface area (TPSA) is 24.1 Å². The molecule has 2 nitrogen and oxygen atoms in total. The Kier molecular flexibility index (Phi) is 29.1. The molecule has 0 bridgehead atoms. The van der Waals surface area contributed by atoms with Crippen molar-refractivity contribution in [3.05, 3.63) is 0 Å². The lowest BCUT2D eigenvalue weighted by Crippen LogP contribution is -2.20. The van der Waals surface area contributed by atoms with Crippen LogP contribution in [-0.2, 0) is 0 Å². The molecule has 0 atom stereocenters. The molecule has 0 aliphatic carbocycles. The molecule has 0 amide bonds. The third-order valence-corrected chi connectivity index (χ3v) is 2.31. The molecule has 120 valence electrons. The maximum absolute atomic E-state index is 3.42. The van der Waals surface area contributed by atoms with Crippen molar-refractivity contribution in [3.63, 3.8) is 0 Å². The van der Waals surface area contributed by atoms with Crippen LogP contribution in [0.5, 0.6) is 0 Å². The van der Waals surface area contributed by atoms with Gasteiger partial charge in [-0.15, -0.1) is 0 Å². The van der Waals surface area contributed by atoms with Gasteiger partial charge in [0.1, 0.15) is 0 Å². The van der Waals surface area contributed by atoms with Crippen molar-refractivity contribution in [2.24, 2.45) is 11.8 Å². The fraction of sp³-hybridized carbons (Fsp3) is 1.00. The van der Waals surface area contributed by atoms with Gasteiger partial charge in [-0.25, -0.2) is 0 Å². The minimum Gasteiger partial charge on any atom is -0.317 e. The first-order chi connectivity index (χ1) is 9.04. The lowest BCUT2D eigenvalue weighted by atomic mass is 10.2. The second kappa shape index (κ2) is 23.0. The van der Waals surface area contributed by atoms with Gasteiger partial charge in [0, 0.05) is 0 Å². The highest BCUT2D eigenvalue weighted by Crippen LogP contribution is 1.92. The third kappa shape index (κ3) is 38.1. The molecule has 0 rings (SSSR count). The largest absolute Gasteiger partial charge is 0.317 e. The van der Waals surface area contributed by atoms with Gasteiger partial charge in [-0.1, -0.05) is 68.2 Å². The molecule has 0 spiro atoms. The molecular formula is C17H42N2. The van der Waals surface area contributed by atoms with Gasteiger partial charge in [0.05, 0.1) is 0 Å². The van der Waals surface area contributed by atoms with Gasteiger partial charge in [-0.2, -0.15) is 0 Å². The average Bonchev–Trinajstić information content (AvgIpc) is 2.39. The van der Waals surface area contributed by atoms with Crippen molar-refractivity contribution < 1.29 is 0 Å². The van der Waals surface area contributed by atoms with E-state index in [1.165, 1.54) is 32.4 Å². The normalized spacial score (nSPS) is 9.79. The molecule has 0 radical (unpaired) electrons. The van der Waals surface area contributed by atoms with Crippen LogP contribution in [0.2, 0.25) is 0 Å². The van der Waals surface area contributed by atoms with E-state index < -0.39 is 0 Å². The van der Waals surface area contributed by atoms with Crippen molar-refractivity contribution in [1.29, 1.82) is 0 Å². The Morgan fingerprint density at radius 3 is 1.53 bits per heavy atom. The molecule has 2 N–H and O–H groups in total. The predicted octanol–water partition coefficient (Wildman–Crippen LogP) is 4.70. The lowest BCUT2D eigenvalue weighted by molar-refractivity contribution is 0.534. The van der Waals surface area contributed by atoms with E-state index >= 15 is 0 Å². The van der Waals surface area contributed by atoms with Gasteiger partial charge in [0.15, 0.2) is 0 Å². The summed E-state index contributed by atoms with van der Waals surface area (Å²) in [5.41, 5.74) is 0. The van der Waals surface area contributed by atoms with Crippen molar-refractivity contribution in [2.75, 3.05) is 26.2 Å². The smallest absolute Gasteiger partial charge is 0.00258 e. The summed E-state index contributed by atoms with van der Waals surface area (Å²) >= 11 is 0. The van der Waals surface area contributed by atoms with Crippen LogP contribution < -0.4 is 10.6 Å². The fourth-order valence-electron chi connectivity index (χ4n) is 1.32. The van der Waals surface area contributed by atoms with E-state index in [-0.39, 0.29) is 0 Å². The number of rotatable bonds is 9. The van der Waals surface area contributed by atoms with Gasteiger partial charge in [-0.05, 0) is 44.4 Å². The summed E-state index contributed by atoms with van der Waals surface area (Å²) in [5, 5.41) is 6.67. The summed E-state index contributed by atoms with van der Waals surface area (Å²) in [4.78, 5) is 0. The zero-order chi connectivity index (χ0) is 15.5. The third-order valence-electron chi connectivity index (χ3n) is 2.31. The molecule has 0 aliphatic heterocycles. The van der Waals surface area contributed by atoms with E-state index in [1.54, 1.807) is 0 Å². The van der Waals surface area contributed by atoms with Crippen LogP contribution in [-0.4, -0.2) is 26.2 Å². The van der Waals surface area contributed by atoms with Crippen molar-refractivity contribution in [3.8, 4) is 0 Å². The van der Waals surface area contributed by atoms with Crippen LogP contribution in [0, 0.1) is 11.8 Å². The molecule has 0 heterocycles. The zero-order valence-electron chi connectivity index (χ0n) is 15.1. The summed E-state index contributed by atoms with van der Waals surface area (Å²) in [7, 11) is 0. The average molecular weight is 275 g/mol. The van der Waals surface area contributed by atoms with Crippen LogP contribution >= 0.6 is 0 Å². The van der Waals surface area contributed by atoms with Crippen molar-refractivity contribution in [1.82, 2.24) is 10.6 Å². The first-order valence-corrected chi connectivity index (χ1v) is 8.45. The Bertz CT molecular complexity index is 122. The Morgan fingerprint density at radius 2 is 1.21 bits per heavy atom. The van der Waals surface area contributed by atoms with E-state index in [0.717, 1.165) is 24.9 Å². The first kappa shape index (κ1) is 24.0. The SMILES string of the molecule is CC.CCCCCNCC(C)C.CCNCC(C)C. The summed E-state index contributed by atoms with van der Waals surface area (Å²) in [6, 6.07) is 0. The van der Waals surface area contributed by atoms with Crippen LogP contribution in [0.15, 0.2) is 0 Å². The van der Waals surface area contributed by atoms with Crippen LogP contribution in [0.4, 0.5) is 0 Å². The molecule has 19 heavy (non-hydrogen) atoms. The quantitative estimate of drug-likeness (QED) is 0.596. The Balaban J connectivity index is -0.000000249. The highest BCUT2D eigenvalue weighted by molar-refractivity contribution is 4.50. The highest BCUT2D eigenvalue weighted by atomic mass is 14.8. The predicted molar refractivity (Wildman–Crippen MR) is 92.0 cm³/mol. The van der Waals surface area contributed by atoms with Gasteiger partial charge in [0.25, 0.3) is 0 Å². The van der Waals surface area contributed by atoms with Gasteiger partial charge < -0.3 is 10.6 Å². The molecule has 0 aromatic heterocycles. The lowest BCUT2D eigenvalue weighted by Gasteiger charge is -2.05. The molecule has 0 aliphatic rings. The summed E-state index contributed by atoms with van der Waals surface area (Å²) in [6.07, 6.45) is 4.03. The molecule has 0 fully saturated rings. The Labute approximate surface area is 124 Å².